The number of para-hydroxylation sites is 1. The fourth-order valence-corrected chi connectivity index (χ4v) is 4.08. The Morgan fingerprint density at radius 2 is 1.73 bits per heavy atom. The molecule has 1 heterocycles. The van der Waals surface area contributed by atoms with Crippen LogP contribution in [0.15, 0.2) is 77.9 Å². The molecule has 212 valence electrons. The first kappa shape index (κ1) is 29.4. The quantitative estimate of drug-likeness (QED) is 0.225. The molecule has 9 nitrogen and oxygen atoms in total. The minimum Gasteiger partial charge on any atom is -0.491 e. The van der Waals surface area contributed by atoms with Gasteiger partial charge >= 0.3 is 0 Å². The van der Waals surface area contributed by atoms with Crippen LogP contribution in [0.5, 0.6) is 17.2 Å². The van der Waals surface area contributed by atoms with Gasteiger partial charge in [0, 0.05) is 25.9 Å². The summed E-state index contributed by atoms with van der Waals surface area (Å²) in [6.45, 7) is 2.90. The minimum atomic E-state index is -0.674. The first-order valence-corrected chi connectivity index (χ1v) is 13.6. The minimum absolute atomic E-state index is 0.0867. The van der Waals surface area contributed by atoms with Gasteiger partial charge in [0.05, 0.1) is 23.9 Å². The van der Waals surface area contributed by atoms with E-state index in [-0.39, 0.29) is 12.5 Å². The molecule has 1 aliphatic rings. The highest BCUT2D eigenvalue weighted by atomic mass is 35.5. The number of nitrogens with zero attached hydrogens (tertiary/aromatic N) is 1. The monoisotopic (exact) mass is 567 g/mol. The summed E-state index contributed by atoms with van der Waals surface area (Å²) in [5.41, 5.74) is 5.16. The van der Waals surface area contributed by atoms with Crippen molar-refractivity contribution in [2.24, 2.45) is 5.10 Å². The molecule has 0 aromatic heterocycles. The summed E-state index contributed by atoms with van der Waals surface area (Å²) in [5, 5.41) is 17.9. The molecule has 4 rings (SSSR count). The number of carbonyl (C=O) groups excluding carboxylic acids is 1. The topological polar surface area (TPSA) is 111 Å². The second-order valence-corrected chi connectivity index (χ2v) is 9.52. The van der Waals surface area contributed by atoms with Gasteiger partial charge in [0.25, 0.3) is 0 Å². The zero-order chi connectivity index (χ0) is 28.0. The van der Waals surface area contributed by atoms with E-state index in [4.69, 9.17) is 30.5 Å². The van der Waals surface area contributed by atoms with Crippen molar-refractivity contribution in [1.82, 2.24) is 10.7 Å². The average Bonchev–Trinajstić information content (AvgIpc) is 2.98. The van der Waals surface area contributed by atoms with Crippen LogP contribution in [0.2, 0.25) is 5.02 Å². The van der Waals surface area contributed by atoms with Crippen LogP contribution in [0.1, 0.15) is 24.0 Å². The van der Waals surface area contributed by atoms with E-state index in [2.05, 4.69) is 15.8 Å². The maximum atomic E-state index is 11.3. The van der Waals surface area contributed by atoms with E-state index < -0.39 is 6.10 Å². The number of halogens is 1. The van der Waals surface area contributed by atoms with Crippen LogP contribution >= 0.6 is 11.6 Å². The van der Waals surface area contributed by atoms with Crippen molar-refractivity contribution in [2.45, 2.75) is 25.6 Å². The number of aliphatic hydroxyl groups excluding tert-OH is 1. The summed E-state index contributed by atoms with van der Waals surface area (Å²) < 4.78 is 22.7. The molecule has 1 aliphatic heterocycles. The zero-order valence-electron chi connectivity index (χ0n) is 22.2. The first-order valence-electron chi connectivity index (χ1n) is 13.2. The van der Waals surface area contributed by atoms with Crippen LogP contribution in [-0.4, -0.2) is 62.3 Å². The van der Waals surface area contributed by atoms with Crippen LogP contribution in [0.25, 0.3) is 0 Å². The SMILES string of the molecule is O=C1CCC(c2ccc(OCCNCC(O)COc3ccc(COCCOc4ccccc4)cc3)c(Cl)c2)=NN1. The molecule has 10 heteroatoms. The van der Waals surface area contributed by atoms with Gasteiger partial charge in [0.2, 0.25) is 5.91 Å². The third-order valence-corrected chi connectivity index (χ3v) is 6.26. The normalized spacial score (nSPS) is 13.8. The van der Waals surface area contributed by atoms with Crippen molar-refractivity contribution in [1.29, 1.82) is 0 Å². The Hall–Kier alpha value is -3.63. The molecule has 1 atom stereocenters. The third-order valence-electron chi connectivity index (χ3n) is 5.96. The molecule has 0 spiro atoms. The largest absolute Gasteiger partial charge is 0.491 e. The molecule has 0 fully saturated rings. The number of ether oxygens (including phenoxy) is 4. The molecule has 0 aliphatic carbocycles. The molecule has 0 saturated heterocycles. The van der Waals surface area contributed by atoms with Gasteiger partial charge in [-0.2, -0.15) is 5.10 Å². The summed E-state index contributed by atoms with van der Waals surface area (Å²) in [5.74, 6) is 1.98. The molecule has 40 heavy (non-hydrogen) atoms. The number of hydrogen-bond acceptors (Lipinski definition) is 8. The molecule has 3 aromatic carbocycles. The van der Waals surface area contributed by atoms with Crippen molar-refractivity contribution in [2.75, 3.05) is 39.5 Å². The van der Waals surface area contributed by atoms with E-state index in [9.17, 15) is 9.90 Å². The van der Waals surface area contributed by atoms with Crippen molar-refractivity contribution in [3.63, 3.8) is 0 Å². The van der Waals surface area contributed by atoms with Crippen molar-refractivity contribution < 1.29 is 28.8 Å². The van der Waals surface area contributed by atoms with Gasteiger partial charge in [-0.25, -0.2) is 5.43 Å². The Balaban J connectivity index is 1.05. The third kappa shape index (κ3) is 9.84. The first-order chi connectivity index (χ1) is 19.6. The van der Waals surface area contributed by atoms with Crippen LogP contribution in [0, 0.1) is 0 Å². The number of benzene rings is 3. The Morgan fingerprint density at radius 1 is 0.925 bits per heavy atom. The molecule has 1 amide bonds. The maximum absolute atomic E-state index is 11.3. The van der Waals surface area contributed by atoms with E-state index in [1.165, 1.54) is 0 Å². The Bertz CT molecular complexity index is 1240. The molecule has 3 N–H and O–H groups in total. The van der Waals surface area contributed by atoms with Gasteiger partial charge < -0.3 is 29.4 Å². The predicted molar refractivity (Wildman–Crippen MR) is 153 cm³/mol. The Labute approximate surface area is 239 Å². The van der Waals surface area contributed by atoms with Crippen molar-refractivity contribution >= 4 is 23.2 Å². The molecular weight excluding hydrogens is 534 g/mol. The van der Waals surface area contributed by atoms with Crippen molar-refractivity contribution in [3.8, 4) is 17.2 Å². The number of nitrogens with one attached hydrogen (secondary N) is 2. The van der Waals surface area contributed by atoms with Crippen LogP contribution in [-0.2, 0) is 16.1 Å². The van der Waals surface area contributed by atoms with Gasteiger partial charge in [0.1, 0.15) is 43.2 Å². The van der Waals surface area contributed by atoms with Crippen LogP contribution in [0.3, 0.4) is 0 Å². The lowest BCUT2D eigenvalue weighted by Gasteiger charge is -2.15. The lowest BCUT2D eigenvalue weighted by molar-refractivity contribution is -0.121. The van der Waals surface area contributed by atoms with Gasteiger partial charge in [-0.15, -0.1) is 0 Å². The summed E-state index contributed by atoms with van der Waals surface area (Å²) in [4.78, 5) is 11.3. The molecule has 0 bridgehead atoms. The smallest absolute Gasteiger partial charge is 0.240 e. The number of carbonyl (C=O) groups is 1. The molecule has 1 unspecified atom stereocenters. The lowest BCUT2D eigenvalue weighted by Crippen LogP contribution is -2.33. The van der Waals surface area contributed by atoms with E-state index in [0.717, 1.165) is 22.6 Å². The highest BCUT2D eigenvalue weighted by molar-refractivity contribution is 6.32. The average molecular weight is 568 g/mol. The number of rotatable bonds is 16. The number of amides is 1. The Morgan fingerprint density at radius 3 is 2.48 bits per heavy atom. The molecule has 0 saturated carbocycles. The molecule has 3 aromatic rings. The van der Waals surface area contributed by atoms with Gasteiger partial charge in [-0.05, 0) is 53.6 Å². The highest BCUT2D eigenvalue weighted by Gasteiger charge is 2.15. The van der Waals surface area contributed by atoms with Crippen LogP contribution < -0.4 is 25.0 Å². The summed E-state index contributed by atoms with van der Waals surface area (Å²) in [6.07, 6.45) is 0.309. The highest BCUT2D eigenvalue weighted by Crippen LogP contribution is 2.26. The summed E-state index contributed by atoms with van der Waals surface area (Å²) >= 11 is 6.35. The van der Waals surface area contributed by atoms with E-state index >= 15 is 0 Å². The molecule has 0 radical (unpaired) electrons. The zero-order valence-corrected chi connectivity index (χ0v) is 22.9. The second kappa shape index (κ2) is 15.8. The predicted octanol–water partition coefficient (Wildman–Crippen LogP) is 3.96. The Kier molecular flexibility index (Phi) is 11.6. The standard InChI is InChI=1S/C30H34ClN3O6/c31-27-18-23(28-11-13-30(36)34-33-28)8-12-29(27)39-15-14-32-19-24(35)21-40-26-9-6-22(7-10-26)20-37-16-17-38-25-4-2-1-3-5-25/h1-10,12,18,24,32,35H,11,13-17,19-21H2,(H,34,36). The second-order valence-electron chi connectivity index (χ2n) is 9.11. The van der Waals surface area contributed by atoms with Crippen molar-refractivity contribution in [3.05, 3.63) is 88.9 Å². The molecular formula is C30H34ClN3O6. The maximum Gasteiger partial charge on any atom is 0.240 e. The summed E-state index contributed by atoms with van der Waals surface area (Å²) in [7, 11) is 0. The number of hydrogen-bond donors (Lipinski definition) is 3. The van der Waals surface area contributed by atoms with Gasteiger partial charge in [0.15, 0.2) is 0 Å². The van der Waals surface area contributed by atoms with Gasteiger partial charge in [-0.1, -0.05) is 41.9 Å². The lowest BCUT2D eigenvalue weighted by atomic mass is 10.0. The fourth-order valence-electron chi connectivity index (χ4n) is 3.84. The van der Waals surface area contributed by atoms with Crippen LogP contribution in [0.4, 0.5) is 0 Å². The fraction of sp³-hybridized carbons (Fsp3) is 0.333. The van der Waals surface area contributed by atoms with E-state index in [1.54, 1.807) is 12.1 Å². The number of aliphatic hydroxyl groups is 1. The summed E-state index contributed by atoms with van der Waals surface area (Å²) in [6, 6.07) is 22.7. The van der Waals surface area contributed by atoms with Gasteiger partial charge in [-0.3, -0.25) is 4.79 Å². The number of hydrazone groups is 1. The van der Waals surface area contributed by atoms with E-state index in [1.807, 2.05) is 60.7 Å². The van der Waals surface area contributed by atoms with E-state index in [0.29, 0.717) is 68.9 Å².